The Morgan fingerprint density at radius 3 is 2.69 bits per heavy atom. The van der Waals surface area contributed by atoms with Gasteiger partial charge in [0.15, 0.2) is 12.7 Å². The maximum absolute atomic E-state index is 12.6. The van der Waals surface area contributed by atoms with Gasteiger partial charge in [0.1, 0.15) is 5.75 Å². The third kappa shape index (κ3) is 4.55. The third-order valence-corrected chi connectivity index (χ3v) is 4.49. The molecular formula is C20H20ClNO4. The normalized spacial score (nSPS) is 14.3. The van der Waals surface area contributed by atoms with E-state index in [4.69, 9.17) is 21.1 Å². The van der Waals surface area contributed by atoms with E-state index in [2.05, 4.69) is 6.07 Å². The monoisotopic (exact) mass is 373 g/mol. The number of rotatable bonds is 5. The fourth-order valence-electron chi connectivity index (χ4n) is 2.92. The van der Waals surface area contributed by atoms with Crippen molar-refractivity contribution in [3.05, 3.63) is 64.7 Å². The van der Waals surface area contributed by atoms with Crippen LogP contribution in [0.2, 0.25) is 5.02 Å². The Bertz CT molecular complexity index is 808. The molecule has 6 heteroatoms. The van der Waals surface area contributed by atoms with Gasteiger partial charge in [0, 0.05) is 18.1 Å². The zero-order chi connectivity index (χ0) is 18.5. The molecule has 1 aliphatic heterocycles. The lowest BCUT2D eigenvalue weighted by atomic mass is 9.99. The van der Waals surface area contributed by atoms with E-state index in [1.54, 1.807) is 36.1 Å². The molecule has 0 N–H and O–H groups in total. The maximum atomic E-state index is 12.6. The molecule has 0 aliphatic carbocycles. The summed E-state index contributed by atoms with van der Waals surface area (Å²) in [6, 6.07) is 14.8. The van der Waals surface area contributed by atoms with Crippen molar-refractivity contribution in [3.8, 4) is 5.75 Å². The van der Waals surface area contributed by atoms with Crippen molar-refractivity contribution < 1.29 is 19.1 Å². The predicted molar refractivity (Wildman–Crippen MR) is 98.1 cm³/mol. The number of carbonyl (C=O) groups excluding carboxylic acids is 2. The number of benzene rings is 2. The summed E-state index contributed by atoms with van der Waals surface area (Å²) in [6.07, 6.45) is -0.0452. The first-order valence-electron chi connectivity index (χ1n) is 8.46. The molecule has 1 atom stereocenters. The van der Waals surface area contributed by atoms with Gasteiger partial charge in [-0.3, -0.25) is 4.79 Å². The van der Waals surface area contributed by atoms with E-state index in [0.29, 0.717) is 23.9 Å². The molecule has 1 unspecified atom stereocenters. The first kappa shape index (κ1) is 18.3. The molecule has 1 heterocycles. The summed E-state index contributed by atoms with van der Waals surface area (Å²) in [4.78, 5) is 26.2. The Morgan fingerprint density at radius 2 is 1.92 bits per heavy atom. The molecule has 0 radical (unpaired) electrons. The number of amides is 1. The zero-order valence-corrected chi connectivity index (χ0v) is 15.2. The van der Waals surface area contributed by atoms with Gasteiger partial charge >= 0.3 is 5.97 Å². The molecule has 5 nitrogen and oxygen atoms in total. The van der Waals surface area contributed by atoms with Crippen LogP contribution in [0.15, 0.2) is 48.5 Å². The van der Waals surface area contributed by atoms with Crippen LogP contribution in [-0.4, -0.2) is 36.0 Å². The molecular weight excluding hydrogens is 354 g/mol. The molecule has 2 aromatic carbocycles. The summed E-state index contributed by atoms with van der Waals surface area (Å²) in [5.74, 6) is -0.320. The highest BCUT2D eigenvalue weighted by molar-refractivity contribution is 6.30. The third-order valence-electron chi connectivity index (χ3n) is 4.25. The van der Waals surface area contributed by atoms with Crippen LogP contribution in [0, 0.1) is 0 Å². The van der Waals surface area contributed by atoms with E-state index in [1.807, 2.05) is 18.2 Å². The Labute approximate surface area is 157 Å². The second kappa shape index (κ2) is 8.23. The van der Waals surface area contributed by atoms with E-state index in [9.17, 15) is 9.59 Å². The molecule has 26 heavy (non-hydrogen) atoms. The minimum atomic E-state index is -0.851. The number of hydrogen-bond donors (Lipinski definition) is 0. The average Bonchev–Trinajstić information content (AvgIpc) is 2.65. The van der Waals surface area contributed by atoms with Crippen molar-refractivity contribution in [2.75, 3.05) is 13.2 Å². The summed E-state index contributed by atoms with van der Waals surface area (Å²) >= 11 is 5.86. The fourth-order valence-corrected chi connectivity index (χ4v) is 3.10. The second-order valence-corrected chi connectivity index (χ2v) is 6.59. The predicted octanol–water partition coefficient (Wildman–Crippen LogP) is 3.24. The van der Waals surface area contributed by atoms with Gasteiger partial charge in [-0.15, -0.1) is 0 Å². The highest BCUT2D eigenvalue weighted by Crippen LogP contribution is 2.20. The van der Waals surface area contributed by atoms with Crippen molar-refractivity contribution in [3.63, 3.8) is 0 Å². The quantitative estimate of drug-likeness (QED) is 0.755. The lowest BCUT2D eigenvalue weighted by Gasteiger charge is -2.30. The zero-order valence-electron chi connectivity index (χ0n) is 14.5. The molecule has 3 rings (SSSR count). The van der Waals surface area contributed by atoms with Gasteiger partial charge in [0.2, 0.25) is 0 Å². The van der Waals surface area contributed by atoms with Gasteiger partial charge in [0.05, 0.1) is 0 Å². The first-order valence-corrected chi connectivity index (χ1v) is 8.84. The number of carbonyl (C=O) groups is 2. The molecule has 0 aromatic heterocycles. The SMILES string of the molecule is CC(OC(=O)COc1cccc(Cl)c1)C(=O)N1CCc2ccccc2C1. The second-order valence-electron chi connectivity index (χ2n) is 6.16. The van der Waals surface area contributed by atoms with Crippen LogP contribution in [0.4, 0.5) is 0 Å². The van der Waals surface area contributed by atoms with Crippen LogP contribution < -0.4 is 4.74 Å². The topological polar surface area (TPSA) is 55.8 Å². The number of nitrogens with zero attached hydrogens (tertiary/aromatic N) is 1. The summed E-state index contributed by atoms with van der Waals surface area (Å²) in [5.41, 5.74) is 2.39. The number of fused-ring (bicyclic) bond motifs is 1. The molecule has 0 fully saturated rings. The Hall–Kier alpha value is -2.53. The summed E-state index contributed by atoms with van der Waals surface area (Å²) in [6.45, 7) is 2.47. The summed E-state index contributed by atoms with van der Waals surface area (Å²) < 4.78 is 10.6. The van der Waals surface area contributed by atoms with E-state index in [0.717, 1.165) is 12.0 Å². The average molecular weight is 374 g/mol. The van der Waals surface area contributed by atoms with Gasteiger partial charge in [-0.1, -0.05) is 41.9 Å². The van der Waals surface area contributed by atoms with E-state index in [1.165, 1.54) is 5.56 Å². The van der Waals surface area contributed by atoms with Crippen LogP contribution >= 0.6 is 11.6 Å². The first-order chi connectivity index (χ1) is 12.5. The molecule has 136 valence electrons. The highest BCUT2D eigenvalue weighted by atomic mass is 35.5. The number of halogens is 1. The Balaban J connectivity index is 1.50. The summed E-state index contributed by atoms with van der Waals surface area (Å²) in [7, 11) is 0. The Morgan fingerprint density at radius 1 is 1.15 bits per heavy atom. The fraction of sp³-hybridized carbons (Fsp3) is 0.300. The molecule has 0 saturated carbocycles. The van der Waals surface area contributed by atoms with Crippen molar-refractivity contribution in [2.24, 2.45) is 0 Å². The van der Waals surface area contributed by atoms with Crippen molar-refractivity contribution in [1.82, 2.24) is 4.90 Å². The van der Waals surface area contributed by atoms with Gasteiger partial charge in [-0.05, 0) is 42.7 Å². The largest absolute Gasteiger partial charge is 0.482 e. The van der Waals surface area contributed by atoms with Crippen molar-refractivity contribution in [1.29, 1.82) is 0 Å². The molecule has 1 aliphatic rings. The summed E-state index contributed by atoms with van der Waals surface area (Å²) in [5, 5.41) is 0.518. The maximum Gasteiger partial charge on any atom is 0.344 e. The number of hydrogen-bond acceptors (Lipinski definition) is 4. The van der Waals surface area contributed by atoms with Gasteiger partial charge in [0.25, 0.3) is 5.91 Å². The lowest BCUT2D eigenvalue weighted by molar-refractivity contribution is -0.161. The van der Waals surface area contributed by atoms with E-state index >= 15 is 0 Å². The standard InChI is InChI=1S/C20H20ClNO4/c1-14(26-19(23)13-25-18-8-4-7-17(21)11-18)20(24)22-10-9-15-5-2-3-6-16(15)12-22/h2-8,11,14H,9-10,12-13H2,1H3. The van der Waals surface area contributed by atoms with Crippen LogP contribution in [0.5, 0.6) is 5.75 Å². The molecule has 1 amide bonds. The smallest absolute Gasteiger partial charge is 0.344 e. The van der Waals surface area contributed by atoms with Gasteiger partial charge in [-0.2, -0.15) is 0 Å². The van der Waals surface area contributed by atoms with Crippen LogP contribution in [0.3, 0.4) is 0 Å². The lowest BCUT2D eigenvalue weighted by Crippen LogP contribution is -2.43. The minimum Gasteiger partial charge on any atom is -0.482 e. The van der Waals surface area contributed by atoms with Crippen molar-refractivity contribution >= 4 is 23.5 Å². The van der Waals surface area contributed by atoms with Gasteiger partial charge in [-0.25, -0.2) is 4.79 Å². The minimum absolute atomic E-state index is 0.199. The Kier molecular flexibility index (Phi) is 5.78. The van der Waals surface area contributed by atoms with Gasteiger partial charge < -0.3 is 14.4 Å². The molecule has 2 aromatic rings. The van der Waals surface area contributed by atoms with E-state index < -0.39 is 12.1 Å². The molecule has 0 bridgehead atoms. The molecule has 0 spiro atoms. The van der Waals surface area contributed by atoms with Crippen molar-refractivity contribution in [2.45, 2.75) is 26.0 Å². The van der Waals surface area contributed by atoms with Crippen LogP contribution in [0.25, 0.3) is 0 Å². The molecule has 0 saturated heterocycles. The van der Waals surface area contributed by atoms with Crippen LogP contribution in [0.1, 0.15) is 18.1 Å². The van der Waals surface area contributed by atoms with Crippen LogP contribution in [-0.2, 0) is 27.3 Å². The highest BCUT2D eigenvalue weighted by Gasteiger charge is 2.26. The number of esters is 1. The van der Waals surface area contributed by atoms with E-state index in [-0.39, 0.29) is 12.5 Å². The number of ether oxygens (including phenoxy) is 2.